The highest BCUT2D eigenvalue weighted by molar-refractivity contribution is 8.04. The zero-order valence-corrected chi connectivity index (χ0v) is 19.2. The molecule has 0 saturated carbocycles. The smallest absolute Gasteiger partial charge is 0.342 e. The Kier molecular flexibility index (Phi) is 5.94. The number of carboxylic acid groups (broad SMARTS) is 1. The van der Waals surface area contributed by atoms with Gasteiger partial charge < -0.3 is 9.67 Å². The first-order valence-corrected chi connectivity index (χ1v) is 11.0. The number of halogens is 1. The van der Waals surface area contributed by atoms with Crippen LogP contribution < -0.4 is 5.69 Å². The van der Waals surface area contributed by atoms with Crippen molar-refractivity contribution >= 4 is 46.4 Å². The molecule has 8 nitrogen and oxygen atoms in total. The summed E-state index contributed by atoms with van der Waals surface area (Å²) < 4.78 is 4.94. The lowest BCUT2D eigenvalue weighted by molar-refractivity contribution is -0.131. The van der Waals surface area contributed by atoms with Gasteiger partial charge in [-0.05, 0) is 66.7 Å². The van der Waals surface area contributed by atoms with Gasteiger partial charge in [-0.3, -0.25) is 9.13 Å². The quantitative estimate of drug-likeness (QED) is 0.338. The number of carbonyl (C=O) groups is 1. The number of aromatic nitrogens is 5. The number of carboxylic acids is 1. The summed E-state index contributed by atoms with van der Waals surface area (Å²) in [4.78, 5) is 24.2. The van der Waals surface area contributed by atoms with Crippen molar-refractivity contribution in [1.29, 1.82) is 0 Å². The molecule has 0 aliphatic heterocycles. The number of rotatable bonds is 6. The number of hydrogen-bond acceptors (Lipinski definition) is 5. The summed E-state index contributed by atoms with van der Waals surface area (Å²) in [5.41, 5.74) is 2.87. The lowest BCUT2D eigenvalue weighted by atomic mass is 10.2. The molecule has 4 rings (SSSR count). The Bertz CT molecular complexity index is 1420. The monoisotopic (exact) mass is 469 g/mol. The molecule has 164 valence electrons. The normalized spacial score (nSPS) is 11.9. The van der Waals surface area contributed by atoms with Crippen LogP contribution in [0.15, 0.2) is 57.3 Å². The van der Waals surface area contributed by atoms with E-state index in [9.17, 15) is 14.7 Å². The fraction of sp³-hybridized carbons (Fsp3) is 0.182. The van der Waals surface area contributed by atoms with Crippen LogP contribution in [-0.4, -0.2) is 35.0 Å². The molecule has 0 aliphatic carbocycles. The number of fused-ring (bicyclic) bond motifs is 1. The zero-order chi connectivity index (χ0) is 23.0. The van der Waals surface area contributed by atoms with Gasteiger partial charge in [0.2, 0.25) is 0 Å². The van der Waals surface area contributed by atoms with Gasteiger partial charge in [-0.15, -0.1) is 10.2 Å². The van der Waals surface area contributed by atoms with Crippen LogP contribution in [-0.2, 0) is 25.4 Å². The molecule has 0 bridgehead atoms. The van der Waals surface area contributed by atoms with E-state index in [-0.39, 0.29) is 10.6 Å². The Labute approximate surface area is 192 Å². The average Bonchev–Trinajstić information content (AvgIpc) is 3.28. The highest BCUT2D eigenvalue weighted by atomic mass is 35.5. The third-order valence-electron chi connectivity index (χ3n) is 5.14. The summed E-state index contributed by atoms with van der Waals surface area (Å²) in [6.45, 7) is 2.51. The van der Waals surface area contributed by atoms with Crippen LogP contribution in [0.5, 0.6) is 0 Å². The predicted molar refractivity (Wildman–Crippen MR) is 126 cm³/mol. The maximum atomic E-state index is 12.2. The summed E-state index contributed by atoms with van der Waals surface area (Å²) in [6, 6.07) is 12.6. The number of imidazole rings is 1. The molecule has 0 spiro atoms. The molecule has 0 radical (unpaired) electrons. The van der Waals surface area contributed by atoms with Gasteiger partial charge in [0.05, 0.1) is 11.0 Å². The molecule has 0 aliphatic rings. The van der Waals surface area contributed by atoms with Gasteiger partial charge in [-0.2, -0.15) is 0 Å². The average molecular weight is 470 g/mol. The lowest BCUT2D eigenvalue weighted by Gasteiger charge is -2.08. The van der Waals surface area contributed by atoms with Crippen molar-refractivity contribution < 1.29 is 9.90 Å². The summed E-state index contributed by atoms with van der Waals surface area (Å²) in [7, 11) is 3.39. The summed E-state index contributed by atoms with van der Waals surface area (Å²) >= 11 is 7.01. The minimum Gasteiger partial charge on any atom is -0.477 e. The second-order valence-corrected chi connectivity index (χ2v) is 8.57. The van der Waals surface area contributed by atoms with Gasteiger partial charge in [-0.1, -0.05) is 17.7 Å². The molecular formula is C22H20ClN5O3S. The van der Waals surface area contributed by atoms with Crippen LogP contribution in [0.25, 0.3) is 28.5 Å². The first kappa shape index (κ1) is 21.9. The molecule has 0 amide bonds. The van der Waals surface area contributed by atoms with E-state index in [2.05, 4.69) is 10.2 Å². The number of hydrogen-bond donors (Lipinski definition) is 1. The molecule has 2 aromatic heterocycles. The second kappa shape index (κ2) is 8.68. The van der Waals surface area contributed by atoms with Gasteiger partial charge >= 0.3 is 11.7 Å². The van der Waals surface area contributed by atoms with Crippen molar-refractivity contribution in [2.45, 2.75) is 18.6 Å². The second-order valence-electron chi connectivity index (χ2n) is 7.12. The molecule has 0 atom stereocenters. The number of aryl methyl sites for hydroxylation is 2. The number of thioether (sulfide) groups is 1. The van der Waals surface area contributed by atoms with Crippen LogP contribution >= 0.6 is 23.4 Å². The third kappa shape index (κ3) is 3.96. The minimum atomic E-state index is -1.07. The van der Waals surface area contributed by atoms with E-state index < -0.39 is 5.97 Å². The van der Waals surface area contributed by atoms with Gasteiger partial charge in [0.1, 0.15) is 4.91 Å². The van der Waals surface area contributed by atoms with Crippen molar-refractivity contribution in [1.82, 2.24) is 23.9 Å². The van der Waals surface area contributed by atoms with Crippen molar-refractivity contribution in [3.05, 3.63) is 68.4 Å². The molecular weight excluding hydrogens is 450 g/mol. The SMILES string of the molecule is CCn1c(S/C(=C\c2ccc3c(c2)n(C)c(=O)n3C)C(=O)O)nnc1-c1ccc(Cl)cc1. The molecule has 0 unspecified atom stereocenters. The first-order chi connectivity index (χ1) is 15.3. The van der Waals surface area contributed by atoms with E-state index in [1.54, 1.807) is 55.1 Å². The number of nitrogens with zero attached hydrogens (tertiary/aromatic N) is 5. The van der Waals surface area contributed by atoms with E-state index in [1.807, 2.05) is 23.6 Å². The highest BCUT2D eigenvalue weighted by Gasteiger charge is 2.18. The molecule has 4 aromatic rings. The van der Waals surface area contributed by atoms with E-state index >= 15 is 0 Å². The largest absolute Gasteiger partial charge is 0.477 e. The van der Waals surface area contributed by atoms with Gasteiger partial charge in [0.15, 0.2) is 11.0 Å². The van der Waals surface area contributed by atoms with E-state index in [4.69, 9.17) is 11.6 Å². The molecule has 10 heteroatoms. The molecule has 0 saturated heterocycles. The number of aliphatic carboxylic acids is 1. The van der Waals surface area contributed by atoms with E-state index in [0.29, 0.717) is 28.1 Å². The summed E-state index contributed by atoms with van der Waals surface area (Å²) in [5.74, 6) is -0.437. The predicted octanol–water partition coefficient (Wildman–Crippen LogP) is 4.03. The first-order valence-electron chi connectivity index (χ1n) is 9.77. The van der Waals surface area contributed by atoms with Crippen LogP contribution in [0.4, 0.5) is 0 Å². The van der Waals surface area contributed by atoms with Crippen LogP contribution in [0.2, 0.25) is 5.02 Å². The van der Waals surface area contributed by atoms with Gasteiger partial charge in [-0.25, -0.2) is 9.59 Å². The van der Waals surface area contributed by atoms with Crippen LogP contribution in [0.1, 0.15) is 12.5 Å². The highest BCUT2D eigenvalue weighted by Crippen LogP contribution is 2.31. The Morgan fingerprint density at radius 1 is 1.09 bits per heavy atom. The van der Waals surface area contributed by atoms with E-state index in [1.165, 1.54) is 4.57 Å². The van der Waals surface area contributed by atoms with E-state index in [0.717, 1.165) is 28.4 Å². The minimum absolute atomic E-state index is 0.0926. The topological polar surface area (TPSA) is 94.9 Å². The Morgan fingerprint density at radius 3 is 2.44 bits per heavy atom. The maximum absolute atomic E-state index is 12.2. The standard InChI is InChI=1S/C22H20ClN5O3S/c1-4-28-19(14-6-8-15(23)9-7-14)24-25-21(28)32-18(20(29)30)12-13-5-10-16-17(11-13)27(3)22(31)26(16)2/h5-12H,4H2,1-3H3,(H,29,30)/b18-12-. The molecule has 32 heavy (non-hydrogen) atoms. The zero-order valence-electron chi connectivity index (χ0n) is 17.6. The van der Waals surface area contributed by atoms with Gasteiger partial charge in [0, 0.05) is 31.2 Å². The van der Waals surface area contributed by atoms with Crippen LogP contribution in [0.3, 0.4) is 0 Å². The van der Waals surface area contributed by atoms with Crippen molar-refractivity contribution in [3.63, 3.8) is 0 Å². The van der Waals surface area contributed by atoms with Crippen LogP contribution in [0, 0.1) is 0 Å². The molecule has 0 fully saturated rings. The van der Waals surface area contributed by atoms with Crippen molar-refractivity contribution in [2.75, 3.05) is 0 Å². The lowest BCUT2D eigenvalue weighted by Crippen LogP contribution is -2.19. The maximum Gasteiger partial charge on any atom is 0.342 e. The molecule has 2 heterocycles. The summed E-state index contributed by atoms with van der Waals surface area (Å²) in [6.07, 6.45) is 1.57. The van der Waals surface area contributed by atoms with Gasteiger partial charge in [0.25, 0.3) is 0 Å². The Morgan fingerprint density at radius 2 is 1.78 bits per heavy atom. The fourth-order valence-corrected chi connectivity index (χ4v) is 4.47. The third-order valence-corrected chi connectivity index (χ3v) is 6.39. The Hall–Kier alpha value is -3.30. The molecule has 2 aromatic carbocycles. The van der Waals surface area contributed by atoms with Crippen molar-refractivity contribution in [3.8, 4) is 11.4 Å². The van der Waals surface area contributed by atoms with Crippen molar-refractivity contribution in [2.24, 2.45) is 14.1 Å². The summed E-state index contributed by atoms with van der Waals surface area (Å²) in [5, 5.41) is 19.4. The number of benzene rings is 2. The fourth-order valence-electron chi connectivity index (χ4n) is 3.46. The Balaban J connectivity index is 1.72. The molecule has 1 N–H and O–H groups in total.